The van der Waals surface area contributed by atoms with Gasteiger partial charge in [0.1, 0.15) is 0 Å². The van der Waals surface area contributed by atoms with Gasteiger partial charge in [0.25, 0.3) is 0 Å². The zero-order chi connectivity index (χ0) is 14.4. The standard InChI is InChI=1S/C16H24N4O/c1-19-9-13(8-18-19)12-4-7-20(10-12)15(21)17-11-16(5-6-16)14-2-3-14/h8-9,12,14H,2-7,10-11H2,1H3,(H,17,21)/t12-/m1/s1. The average Bonchev–Trinajstić information content (AvgIpc) is 3.37. The Labute approximate surface area is 125 Å². The normalized spacial score (nSPS) is 26.9. The van der Waals surface area contributed by atoms with E-state index in [1.807, 2.05) is 22.8 Å². The predicted molar refractivity (Wildman–Crippen MR) is 79.9 cm³/mol. The molecule has 5 nitrogen and oxygen atoms in total. The van der Waals surface area contributed by atoms with Crippen LogP contribution in [-0.4, -0.2) is 40.3 Å². The van der Waals surface area contributed by atoms with Gasteiger partial charge in [0.2, 0.25) is 0 Å². The van der Waals surface area contributed by atoms with Crippen LogP contribution in [0, 0.1) is 11.3 Å². The van der Waals surface area contributed by atoms with Gasteiger partial charge in [-0.25, -0.2) is 4.79 Å². The average molecular weight is 288 g/mol. The van der Waals surface area contributed by atoms with Crippen molar-refractivity contribution < 1.29 is 4.79 Å². The highest BCUT2D eigenvalue weighted by Crippen LogP contribution is 2.60. The molecule has 0 unspecified atom stereocenters. The Bertz CT molecular complexity index is 544. The van der Waals surface area contributed by atoms with Crippen molar-refractivity contribution in [3.63, 3.8) is 0 Å². The van der Waals surface area contributed by atoms with Gasteiger partial charge in [-0.2, -0.15) is 5.10 Å². The largest absolute Gasteiger partial charge is 0.337 e. The molecule has 1 saturated heterocycles. The summed E-state index contributed by atoms with van der Waals surface area (Å²) in [5.41, 5.74) is 1.74. The first kappa shape index (κ1) is 13.2. The molecule has 1 aromatic heterocycles. The summed E-state index contributed by atoms with van der Waals surface area (Å²) >= 11 is 0. The molecule has 114 valence electrons. The first-order valence-electron chi connectivity index (χ1n) is 8.18. The molecular weight excluding hydrogens is 264 g/mol. The van der Waals surface area contributed by atoms with Crippen molar-refractivity contribution in [2.24, 2.45) is 18.4 Å². The zero-order valence-corrected chi connectivity index (χ0v) is 12.7. The Morgan fingerprint density at radius 1 is 1.43 bits per heavy atom. The quantitative estimate of drug-likeness (QED) is 0.922. The molecule has 5 heteroatoms. The fraction of sp³-hybridized carbons (Fsp3) is 0.750. The van der Waals surface area contributed by atoms with E-state index in [1.165, 1.54) is 31.2 Å². The molecule has 1 aromatic rings. The van der Waals surface area contributed by atoms with Crippen LogP contribution in [0.15, 0.2) is 12.4 Å². The number of aryl methyl sites for hydroxylation is 1. The highest BCUT2D eigenvalue weighted by molar-refractivity contribution is 5.74. The minimum atomic E-state index is 0.133. The number of likely N-dealkylation sites (tertiary alicyclic amines) is 1. The lowest BCUT2D eigenvalue weighted by Crippen LogP contribution is -2.41. The van der Waals surface area contributed by atoms with Gasteiger partial charge in [0, 0.05) is 38.8 Å². The summed E-state index contributed by atoms with van der Waals surface area (Å²) in [7, 11) is 1.94. The fourth-order valence-corrected chi connectivity index (χ4v) is 3.82. The van der Waals surface area contributed by atoms with E-state index in [4.69, 9.17) is 0 Å². The van der Waals surface area contributed by atoms with Gasteiger partial charge in [-0.15, -0.1) is 0 Å². The summed E-state index contributed by atoms with van der Waals surface area (Å²) in [6.07, 6.45) is 10.4. The molecule has 2 saturated carbocycles. The number of carbonyl (C=O) groups is 1. The highest BCUT2D eigenvalue weighted by Gasteiger charge is 2.53. The van der Waals surface area contributed by atoms with Crippen molar-refractivity contribution in [1.29, 1.82) is 0 Å². The molecule has 4 rings (SSSR count). The van der Waals surface area contributed by atoms with E-state index in [0.717, 1.165) is 32.0 Å². The number of carbonyl (C=O) groups excluding carboxylic acids is 1. The number of hydrogen-bond donors (Lipinski definition) is 1. The number of nitrogens with zero attached hydrogens (tertiary/aromatic N) is 3. The van der Waals surface area contributed by atoms with E-state index < -0.39 is 0 Å². The van der Waals surface area contributed by atoms with Crippen molar-refractivity contribution in [1.82, 2.24) is 20.0 Å². The lowest BCUT2D eigenvalue weighted by Gasteiger charge is -2.20. The van der Waals surface area contributed by atoms with Crippen LogP contribution in [0.2, 0.25) is 0 Å². The van der Waals surface area contributed by atoms with Gasteiger partial charge < -0.3 is 10.2 Å². The third-order valence-electron chi connectivity index (χ3n) is 5.60. The lowest BCUT2D eigenvalue weighted by molar-refractivity contribution is 0.204. The van der Waals surface area contributed by atoms with Crippen LogP contribution < -0.4 is 5.32 Å². The Balaban J connectivity index is 1.30. The number of aromatic nitrogens is 2. The summed E-state index contributed by atoms with van der Waals surface area (Å²) in [4.78, 5) is 14.3. The first-order valence-corrected chi connectivity index (χ1v) is 8.18. The Morgan fingerprint density at radius 2 is 2.24 bits per heavy atom. The van der Waals surface area contributed by atoms with Crippen LogP contribution in [0.25, 0.3) is 0 Å². The smallest absolute Gasteiger partial charge is 0.317 e. The SMILES string of the molecule is Cn1cc([C@@H]2CCN(C(=O)NCC3(C4CC4)CC3)C2)cn1. The molecule has 0 aromatic carbocycles. The zero-order valence-electron chi connectivity index (χ0n) is 12.7. The fourth-order valence-electron chi connectivity index (χ4n) is 3.82. The van der Waals surface area contributed by atoms with Crippen LogP contribution in [0.3, 0.4) is 0 Å². The maximum atomic E-state index is 12.3. The molecule has 2 heterocycles. The van der Waals surface area contributed by atoms with Gasteiger partial charge in [-0.3, -0.25) is 4.68 Å². The van der Waals surface area contributed by atoms with E-state index in [0.29, 0.717) is 11.3 Å². The molecular formula is C16H24N4O. The molecule has 3 fully saturated rings. The molecule has 1 aliphatic heterocycles. The van der Waals surface area contributed by atoms with Crippen molar-refractivity contribution >= 4 is 6.03 Å². The van der Waals surface area contributed by atoms with Crippen LogP contribution in [0.1, 0.15) is 43.6 Å². The van der Waals surface area contributed by atoms with Crippen LogP contribution in [0.4, 0.5) is 4.79 Å². The molecule has 1 atom stereocenters. The van der Waals surface area contributed by atoms with E-state index in [9.17, 15) is 4.79 Å². The first-order chi connectivity index (χ1) is 10.2. The Hall–Kier alpha value is -1.52. The van der Waals surface area contributed by atoms with Gasteiger partial charge >= 0.3 is 6.03 Å². The third kappa shape index (κ3) is 2.54. The van der Waals surface area contributed by atoms with E-state index >= 15 is 0 Å². The summed E-state index contributed by atoms with van der Waals surface area (Å²) in [6.45, 7) is 2.58. The monoisotopic (exact) mass is 288 g/mol. The van der Waals surface area contributed by atoms with Crippen molar-refractivity contribution in [2.75, 3.05) is 19.6 Å². The number of nitrogens with one attached hydrogen (secondary N) is 1. The molecule has 21 heavy (non-hydrogen) atoms. The molecule has 2 aliphatic carbocycles. The van der Waals surface area contributed by atoms with Crippen LogP contribution in [0.5, 0.6) is 0 Å². The lowest BCUT2D eigenvalue weighted by atomic mass is 10.0. The van der Waals surface area contributed by atoms with Gasteiger partial charge in [0.15, 0.2) is 0 Å². The molecule has 3 aliphatic rings. The molecule has 0 spiro atoms. The van der Waals surface area contributed by atoms with Crippen molar-refractivity contribution in [3.8, 4) is 0 Å². The molecule has 0 radical (unpaired) electrons. The van der Waals surface area contributed by atoms with Crippen LogP contribution >= 0.6 is 0 Å². The maximum Gasteiger partial charge on any atom is 0.317 e. The van der Waals surface area contributed by atoms with E-state index in [2.05, 4.69) is 16.6 Å². The van der Waals surface area contributed by atoms with Crippen LogP contribution in [-0.2, 0) is 7.05 Å². The molecule has 0 bridgehead atoms. The molecule has 2 amide bonds. The van der Waals surface area contributed by atoms with Gasteiger partial charge in [0.05, 0.1) is 6.20 Å². The Morgan fingerprint density at radius 3 is 2.86 bits per heavy atom. The summed E-state index contributed by atoms with van der Waals surface area (Å²) in [5, 5.41) is 7.42. The minimum Gasteiger partial charge on any atom is -0.337 e. The number of urea groups is 1. The minimum absolute atomic E-state index is 0.133. The van der Waals surface area contributed by atoms with Crippen molar-refractivity contribution in [3.05, 3.63) is 18.0 Å². The maximum absolute atomic E-state index is 12.3. The number of amides is 2. The second kappa shape index (κ2) is 4.75. The second-order valence-electron chi connectivity index (χ2n) is 7.17. The second-order valence-corrected chi connectivity index (χ2v) is 7.17. The van der Waals surface area contributed by atoms with E-state index in [1.54, 1.807) is 0 Å². The topological polar surface area (TPSA) is 50.2 Å². The van der Waals surface area contributed by atoms with Gasteiger partial charge in [-0.1, -0.05) is 0 Å². The predicted octanol–water partition coefficient (Wildman–Crippen LogP) is 2.11. The molecule has 1 N–H and O–H groups in total. The number of rotatable bonds is 4. The van der Waals surface area contributed by atoms with Gasteiger partial charge in [-0.05, 0) is 49.0 Å². The van der Waals surface area contributed by atoms with Crippen molar-refractivity contribution in [2.45, 2.75) is 38.0 Å². The summed E-state index contributed by atoms with van der Waals surface area (Å²) < 4.78 is 1.84. The van der Waals surface area contributed by atoms with E-state index in [-0.39, 0.29) is 6.03 Å². The summed E-state index contributed by atoms with van der Waals surface area (Å²) in [5.74, 6) is 1.35. The number of hydrogen-bond acceptors (Lipinski definition) is 2. The third-order valence-corrected chi connectivity index (χ3v) is 5.60. The Kier molecular flexibility index (Phi) is 2.98. The highest BCUT2D eigenvalue weighted by atomic mass is 16.2. The summed E-state index contributed by atoms with van der Waals surface area (Å²) in [6, 6.07) is 0.133.